The second-order valence-electron chi connectivity index (χ2n) is 7.28. The van der Waals surface area contributed by atoms with Crippen molar-refractivity contribution in [3.8, 4) is 5.75 Å². The summed E-state index contributed by atoms with van der Waals surface area (Å²) < 4.78 is 33.0. The molecule has 0 radical (unpaired) electrons. The van der Waals surface area contributed by atoms with E-state index >= 15 is 0 Å². The molecule has 0 aliphatic heterocycles. The van der Waals surface area contributed by atoms with Crippen molar-refractivity contribution in [3.05, 3.63) is 90.0 Å². The number of rotatable bonds is 11. The first kappa shape index (κ1) is 23.5. The van der Waals surface area contributed by atoms with Crippen LogP contribution in [0.25, 0.3) is 0 Å². The Hall–Kier alpha value is -3.16. The molecule has 1 amide bonds. The molecular formula is C25H28N2O4S. The van der Waals surface area contributed by atoms with Crippen LogP contribution in [0.2, 0.25) is 0 Å². The van der Waals surface area contributed by atoms with Crippen molar-refractivity contribution in [1.82, 2.24) is 4.72 Å². The Morgan fingerprint density at radius 1 is 0.844 bits per heavy atom. The Morgan fingerprint density at radius 2 is 1.50 bits per heavy atom. The van der Waals surface area contributed by atoms with Crippen LogP contribution in [0.15, 0.2) is 83.8 Å². The number of amides is 1. The molecule has 3 aromatic rings. The Balaban J connectivity index is 1.46. The van der Waals surface area contributed by atoms with Crippen LogP contribution in [0.3, 0.4) is 0 Å². The van der Waals surface area contributed by atoms with Crippen LogP contribution in [-0.4, -0.2) is 27.5 Å². The second kappa shape index (κ2) is 11.5. The molecule has 0 saturated heterocycles. The largest absolute Gasteiger partial charge is 0.494 e. The van der Waals surface area contributed by atoms with Crippen molar-refractivity contribution >= 4 is 21.6 Å². The summed E-state index contributed by atoms with van der Waals surface area (Å²) >= 11 is 0. The van der Waals surface area contributed by atoms with E-state index in [4.69, 9.17) is 4.74 Å². The van der Waals surface area contributed by atoms with Crippen LogP contribution in [-0.2, 0) is 27.7 Å². The number of sulfonamides is 1. The molecule has 0 fully saturated rings. The van der Waals surface area contributed by atoms with Gasteiger partial charge in [-0.25, -0.2) is 13.1 Å². The number of aryl methyl sites for hydroxylation is 1. The average molecular weight is 453 g/mol. The number of hydrogen-bond acceptors (Lipinski definition) is 4. The minimum Gasteiger partial charge on any atom is -0.494 e. The highest BCUT2D eigenvalue weighted by molar-refractivity contribution is 7.89. The smallest absolute Gasteiger partial charge is 0.240 e. The van der Waals surface area contributed by atoms with Crippen molar-refractivity contribution in [2.75, 3.05) is 18.5 Å². The summed E-state index contributed by atoms with van der Waals surface area (Å²) in [5.74, 6) is 0.656. The number of carbonyl (C=O) groups is 1. The first-order chi connectivity index (χ1) is 15.5. The van der Waals surface area contributed by atoms with E-state index in [9.17, 15) is 13.2 Å². The summed E-state index contributed by atoms with van der Waals surface area (Å²) in [7, 11) is -3.57. The van der Waals surface area contributed by atoms with Crippen LogP contribution >= 0.6 is 0 Å². The highest BCUT2D eigenvalue weighted by atomic mass is 32.2. The van der Waals surface area contributed by atoms with Crippen LogP contribution in [0.5, 0.6) is 5.75 Å². The summed E-state index contributed by atoms with van der Waals surface area (Å²) in [6.07, 6.45) is 1.45. The van der Waals surface area contributed by atoms with Gasteiger partial charge in [0.25, 0.3) is 0 Å². The van der Waals surface area contributed by atoms with Crippen molar-refractivity contribution < 1.29 is 17.9 Å². The normalized spacial score (nSPS) is 11.2. The molecule has 0 heterocycles. The minimum atomic E-state index is -3.57. The number of benzene rings is 3. The zero-order valence-corrected chi connectivity index (χ0v) is 18.9. The summed E-state index contributed by atoms with van der Waals surface area (Å²) in [5.41, 5.74) is 2.69. The van der Waals surface area contributed by atoms with Gasteiger partial charge in [-0.05, 0) is 67.3 Å². The highest BCUT2D eigenvalue weighted by Crippen LogP contribution is 2.16. The van der Waals surface area contributed by atoms with Crippen LogP contribution in [0.1, 0.15) is 24.5 Å². The van der Waals surface area contributed by atoms with Crippen molar-refractivity contribution in [3.63, 3.8) is 0 Å². The zero-order chi connectivity index (χ0) is 22.8. The van der Waals surface area contributed by atoms with E-state index in [0.717, 1.165) is 16.9 Å². The number of carbonyl (C=O) groups excluding carboxylic acids is 1. The summed E-state index contributed by atoms with van der Waals surface area (Å²) in [6, 6.07) is 23.6. The van der Waals surface area contributed by atoms with Crippen molar-refractivity contribution in [2.45, 2.75) is 31.1 Å². The first-order valence-electron chi connectivity index (χ1n) is 10.6. The van der Waals surface area contributed by atoms with Gasteiger partial charge in [0.1, 0.15) is 5.75 Å². The van der Waals surface area contributed by atoms with Gasteiger partial charge in [-0.3, -0.25) is 4.79 Å². The second-order valence-corrected chi connectivity index (χ2v) is 9.05. The quantitative estimate of drug-likeness (QED) is 0.457. The predicted octanol–water partition coefficient (Wildman–Crippen LogP) is 4.18. The molecule has 0 atom stereocenters. The number of anilines is 1. The van der Waals surface area contributed by atoms with Gasteiger partial charge in [-0.15, -0.1) is 0 Å². The molecule has 0 spiro atoms. The standard InChI is InChI=1S/C25H28N2O4S/c1-2-31-23-13-11-22(12-14-23)27-25(28)17-10-21-8-15-24(16-9-21)32(29,30)26-19-18-20-6-4-3-5-7-20/h3-9,11-16,26H,2,10,17-19H2,1H3,(H,27,28). The molecule has 7 heteroatoms. The van der Waals surface area contributed by atoms with Crippen LogP contribution < -0.4 is 14.8 Å². The van der Waals surface area contributed by atoms with Gasteiger partial charge in [0.15, 0.2) is 0 Å². The maximum atomic E-state index is 12.5. The summed E-state index contributed by atoms with van der Waals surface area (Å²) in [5, 5.41) is 2.85. The topological polar surface area (TPSA) is 84.5 Å². The van der Waals surface area contributed by atoms with E-state index < -0.39 is 10.0 Å². The van der Waals surface area contributed by atoms with Crippen LogP contribution in [0, 0.1) is 0 Å². The molecular weight excluding hydrogens is 424 g/mol. The van der Waals surface area contributed by atoms with E-state index in [1.807, 2.05) is 49.4 Å². The lowest BCUT2D eigenvalue weighted by Crippen LogP contribution is -2.26. The lowest BCUT2D eigenvalue weighted by atomic mass is 10.1. The van der Waals surface area contributed by atoms with Crippen molar-refractivity contribution in [2.24, 2.45) is 0 Å². The molecule has 32 heavy (non-hydrogen) atoms. The number of ether oxygens (including phenoxy) is 1. The fourth-order valence-electron chi connectivity index (χ4n) is 3.18. The molecule has 0 saturated carbocycles. The Bertz CT molecular complexity index is 1100. The fourth-order valence-corrected chi connectivity index (χ4v) is 4.21. The van der Waals surface area contributed by atoms with Gasteiger partial charge in [-0.1, -0.05) is 42.5 Å². The lowest BCUT2D eigenvalue weighted by Gasteiger charge is -2.09. The molecule has 0 aliphatic carbocycles. The zero-order valence-electron chi connectivity index (χ0n) is 18.1. The molecule has 6 nitrogen and oxygen atoms in total. The van der Waals surface area contributed by atoms with Gasteiger partial charge in [-0.2, -0.15) is 0 Å². The SMILES string of the molecule is CCOc1ccc(NC(=O)CCc2ccc(S(=O)(=O)NCCc3ccccc3)cc2)cc1. The van der Waals surface area contributed by atoms with Gasteiger partial charge >= 0.3 is 0 Å². The molecule has 0 aliphatic rings. The Morgan fingerprint density at radius 3 is 2.16 bits per heavy atom. The van der Waals surface area contributed by atoms with Crippen LogP contribution in [0.4, 0.5) is 5.69 Å². The molecule has 3 aromatic carbocycles. The minimum absolute atomic E-state index is 0.103. The third-order valence-corrected chi connectivity index (χ3v) is 6.35. The van der Waals surface area contributed by atoms with E-state index in [2.05, 4.69) is 10.0 Å². The van der Waals surface area contributed by atoms with E-state index in [1.54, 1.807) is 36.4 Å². The fraction of sp³-hybridized carbons (Fsp3) is 0.240. The average Bonchev–Trinajstić information content (AvgIpc) is 2.80. The number of hydrogen-bond donors (Lipinski definition) is 2. The Labute approximate surface area is 189 Å². The maximum Gasteiger partial charge on any atom is 0.240 e. The third kappa shape index (κ3) is 7.21. The van der Waals surface area contributed by atoms with E-state index in [1.165, 1.54) is 0 Å². The van der Waals surface area contributed by atoms with E-state index in [0.29, 0.717) is 38.1 Å². The molecule has 0 aromatic heterocycles. The van der Waals surface area contributed by atoms with Gasteiger partial charge in [0.2, 0.25) is 15.9 Å². The Kier molecular flexibility index (Phi) is 8.41. The van der Waals surface area contributed by atoms with E-state index in [-0.39, 0.29) is 10.8 Å². The monoisotopic (exact) mass is 452 g/mol. The third-order valence-electron chi connectivity index (χ3n) is 4.87. The van der Waals surface area contributed by atoms with Gasteiger partial charge < -0.3 is 10.1 Å². The molecule has 0 unspecified atom stereocenters. The van der Waals surface area contributed by atoms with Gasteiger partial charge in [0, 0.05) is 18.7 Å². The maximum absolute atomic E-state index is 12.5. The lowest BCUT2D eigenvalue weighted by molar-refractivity contribution is -0.116. The highest BCUT2D eigenvalue weighted by Gasteiger charge is 2.13. The molecule has 3 rings (SSSR count). The molecule has 168 valence electrons. The van der Waals surface area contributed by atoms with Gasteiger partial charge in [0.05, 0.1) is 11.5 Å². The molecule has 0 bridgehead atoms. The predicted molar refractivity (Wildman–Crippen MR) is 126 cm³/mol. The summed E-state index contributed by atoms with van der Waals surface area (Å²) in [6.45, 7) is 2.84. The first-order valence-corrected chi connectivity index (χ1v) is 12.1. The number of nitrogens with one attached hydrogen (secondary N) is 2. The summed E-state index contributed by atoms with van der Waals surface area (Å²) in [4.78, 5) is 12.4. The van der Waals surface area contributed by atoms with Crippen molar-refractivity contribution in [1.29, 1.82) is 0 Å². The molecule has 2 N–H and O–H groups in total.